The van der Waals surface area contributed by atoms with Crippen LogP contribution < -0.4 is 0 Å². The van der Waals surface area contributed by atoms with E-state index in [2.05, 4.69) is 177 Å². The fourth-order valence-corrected chi connectivity index (χ4v) is 8.93. The first-order chi connectivity index (χ1) is 27.1. The third kappa shape index (κ3) is 4.83. The minimum Gasteiger partial charge on any atom is -0.455 e. The Kier molecular flexibility index (Phi) is 6.99. The highest BCUT2D eigenvalue weighted by molar-refractivity contribution is 6.19. The largest absolute Gasteiger partial charge is 0.455 e. The van der Waals surface area contributed by atoms with Gasteiger partial charge in [-0.05, 0) is 75.5 Å². The predicted molar refractivity (Wildman–Crippen MR) is 226 cm³/mol. The SMILES string of the molecule is CC1(c2ccccc2)c2ccccc2-c2c(-c3cc(-c4cccc(-c5cccc6oc7c8ccccc8ccc7c56)c4)nc(-c4ccccc4)n3)cccc21. The van der Waals surface area contributed by atoms with Gasteiger partial charge in [0.2, 0.25) is 0 Å². The summed E-state index contributed by atoms with van der Waals surface area (Å²) >= 11 is 0. The predicted octanol–water partition coefficient (Wildman–Crippen LogP) is 13.5. The van der Waals surface area contributed by atoms with Crippen molar-refractivity contribution in [1.82, 2.24) is 9.97 Å². The number of fused-ring (bicyclic) bond motifs is 8. The molecule has 0 fully saturated rings. The topological polar surface area (TPSA) is 38.9 Å². The number of nitrogens with zero attached hydrogens (tertiary/aromatic N) is 2. The molecular weight excluding hydrogens is 669 g/mol. The summed E-state index contributed by atoms with van der Waals surface area (Å²) < 4.78 is 6.56. The van der Waals surface area contributed by atoms with Gasteiger partial charge < -0.3 is 4.42 Å². The number of benzene rings is 8. The summed E-state index contributed by atoms with van der Waals surface area (Å²) in [7, 11) is 0. The zero-order valence-corrected chi connectivity index (χ0v) is 30.2. The van der Waals surface area contributed by atoms with Crippen molar-refractivity contribution < 1.29 is 4.42 Å². The van der Waals surface area contributed by atoms with Gasteiger partial charge in [0.25, 0.3) is 0 Å². The minimum atomic E-state index is -0.305. The molecule has 3 heteroatoms. The van der Waals surface area contributed by atoms with Crippen LogP contribution in [0.2, 0.25) is 0 Å². The van der Waals surface area contributed by atoms with Crippen molar-refractivity contribution >= 4 is 32.7 Å². The highest BCUT2D eigenvalue weighted by Gasteiger charge is 2.41. The Bertz CT molecular complexity index is 3110. The van der Waals surface area contributed by atoms with Crippen LogP contribution in [0.3, 0.4) is 0 Å². The molecule has 2 heterocycles. The van der Waals surface area contributed by atoms with E-state index in [1.165, 1.54) is 33.2 Å². The fraction of sp³-hybridized carbons (Fsp3) is 0.0385. The molecule has 11 rings (SSSR count). The molecule has 1 atom stereocenters. The number of hydrogen-bond donors (Lipinski definition) is 0. The van der Waals surface area contributed by atoms with Crippen molar-refractivity contribution in [2.24, 2.45) is 0 Å². The number of rotatable bonds is 5. The lowest BCUT2D eigenvalue weighted by Crippen LogP contribution is -2.22. The van der Waals surface area contributed by atoms with Gasteiger partial charge in [0.05, 0.1) is 11.4 Å². The molecular formula is C52H34N2O. The Labute approximate surface area is 319 Å². The molecule has 0 N–H and O–H groups in total. The Morgan fingerprint density at radius 2 is 1.11 bits per heavy atom. The van der Waals surface area contributed by atoms with Crippen molar-refractivity contribution in [1.29, 1.82) is 0 Å². The summed E-state index contributed by atoms with van der Waals surface area (Å²) in [4.78, 5) is 10.6. The lowest BCUT2D eigenvalue weighted by molar-refractivity contribution is 0.673. The molecule has 1 aliphatic carbocycles. The first kappa shape index (κ1) is 31.4. The van der Waals surface area contributed by atoms with E-state index in [1.54, 1.807) is 0 Å². The molecule has 0 saturated heterocycles. The third-order valence-corrected chi connectivity index (χ3v) is 11.6. The zero-order chi connectivity index (χ0) is 36.5. The Balaban J connectivity index is 1.11. The van der Waals surface area contributed by atoms with Crippen LogP contribution in [0.4, 0.5) is 0 Å². The van der Waals surface area contributed by atoms with E-state index < -0.39 is 0 Å². The lowest BCUT2D eigenvalue weighted by atomic mass is 9.74. The van der Waals surface area contributed by atoms with E-state index in [9.17, 15) is 0 Å². The summed E-state index contributed by atoms with van der Waals surface area (Å²) in [5, 5.41) is 4.53. The summed E-state index contributed by atoms with van der Waals surface area (Å²) in [5.41, 5.74) is 14.9. The van der Waals surface area contributed by atoms with Crippen LogP contribution in [-0.2, 0) is 5.41 Å². The van der Waals surface area contributed by atoms with Gasteiger partial charge in [0.15, 0.2) is 5.82 Å². The van der Waals surface area contributed by atoms with Crippen LogP contribution in [0.1, 0.15) is 23.6 Å². The first-order valence-electron chi connectivity index (χ1n) is 18.8. The summed E-state index contributed by atoms with van der Waals surface area (Å²) in [6, 6.07) is 66.8. The van der Waals surface area contributed by atoms with Gasteiger partial charge in [0.1, 0.15) is 11.2 Å². The molecule has 258 valence electrons. The van der Waals surface area contributed by atoms with Gasteiger partial charge in [-0.2, -0.15) is 0 Å². The van der Waals surface area contributed by atoms with Gasteiger partial charge in [-0.25, -0.2) is 9.97 Å². The van der Waals surface area contributed by atoms with Gasteiger partial charge in [0, 0.05) is 38.3 Å². The molecule has 0 bridgehead atoms. The molecule has 0 aliphatic heterocycles. The van der Waals surface area contributed by atoms with E-state index in [1.807, 2.05) is 18.2 Å². The molecule has 2 aromatic heterocycles. The molecule has 55 heavy (non-hydrogen) atoms. The molecule has 3 nitrogen and oxygen atoms in total. The smallest absolute Gasteiger partial charge is 0.160 e. The Morgan fingerprint density at radius 3 is 2.00 bits per heavy atom. The van der Waals surface area contributed by atoms with Crippen molar-refractivity contribution in [2.45, 2.75) is 12.3 Å². The van der Waals surface area contributed by atoms with Crippen molar-refractivity contribution in [3.63, 3.8) is 0 Å². The summed E-state index contributed by atoms with van der Waals surface area (Å²) in [6.45, 7) is 2.36. The van der Waals surface area contributed by atoms with E-state index >= 15 is 0 Å². The second-order valence-corrected chi connectivity index (χ2v) is 14.6. The molecule has 10 aromatic rings. The highest BCUT2D eigenvalue weighted by atomic mass is 16.3. The summed E-state index contributed by atoms with van der Waals surface area (Å²) in [5.74, 6) is 0.697. The maximum Gasteiger partial charge on any atom is 0.160 e. The molecule has 0 radical (unpaired) electrons. The van der Waals surface area contributed by atoms with Crippen LogP contribution >= 0.6 is 0 Å². The fourth-order valence-electron chi connectivity index (χ4n) is 8.93. The van der Waals surface area contributed by atoms with Gasteiger partial charge in [-0.1, -0.05) is 164 Å². The normalized spacial score (nSPS) is 14.7. The maximum absolute atomic E-state index is 6.56. The summed E-state index contributed by atoms with van der Waals surface area (Å²) in [6.07, 6.45) is 0. The molecule has 0 spiro atoms. The third-order valence-electron chi connectivity index (χ3n) is 11.6. The first-order valence-corrected chi connectivity index (χ1v) is 18.8. The van der Waals surface area contributed by atoms with Gasteiger partial charge >= 0.3 is 0 Å². The van der Waals surface area contributed by atoms with Gasteiger partial charge in [-0.3, -0.25) is 0 Å². The Hall–Kier alpha value is -7.10. The minimum absolute atomic E-state index is 0.305. The molecule has 1 aliphatic rings. The van der Waals surface area contributed by atoms with E-state index in [-0.39, 0.29) is 5.41 Å². The zero-order valence-electron chi connectivity index (χ0n) is 30.2. The monoisotopic (exact) mass is 702 g/mol. The molecule has 8 aromatic carbocycles. The van der Waals surface area contributed by atoms with E-state index in [0.717, 1.165) is 66.5 Å². The second-order valence-electron chi connectivity index (χ2n) is 14.6. The quantitative estimate of drug-likeness (QED) is 0.179. The lowest BCUT2D eigenvalue weighted by Gasteiger charge is -2.28. The second kappa shape index (κ2) is 12.2. The van der Waals surface area contributed by atoms with Crippen molar-refractivity contribution in [3.05, 3.63) is 205 Å². The van der Waals surface area contributed by atoms with Crippen LogP contribution in [0.5, 0.6) is 0 Å². The number of hydrogen-bond acceptors (Lipinski definition) is 3. The Morgan fingerprint density at radius 1 is 0.455 bits per heavy atom. The average molecular weight is 703 g/mol. The van der Waals surface area contributed by atoms with Crippen LogP contribution in [0.25, 0.3) is 88.9 Å². The molecule has 1 unspecified atom stereocenters. The standard InChI is InChI=1S/C52H34N2O/c1-52(37-20-6-3-7-21-37)43-26-11-10-23-40(43)48-41(25-13-27-44(48)52)46-32-45(53-51(54-46)34-16-4-2-5-17-34)36-19-12-18-35(31-36)38-24-14-28-47-49(38)42-30-29-33-15-8-9-22-39(33)50(42)55-47/h2-32H,1H3. The van der Waals surface area contributed by atoms with E-state index in [0.29, 0.717) is 5.82 Å². The van der Waals surface area contributed by atoms with Crippen LogP contribution in [-0.4, -0.2) is 9.97 Å². The highest BCUT2D eigenvalue weighted by Crippen LogP contribution is 2.55. The maximum atomic E-state index is 6.56. The van der Waals surface area contributed by atoms with Crippen molar-refractivity contribution in [2.75, 3.05) is 0 Å². The van der Waals surface area contributed by atoms with Crippen molar-refractivity contribution in [3.8, 4) is 56.2 Å². The molecule has 0 saturated carbocycles. The molecule has 0 amide bonds. The van der Waals surface area contributed by atoms with E-state index in [4.69, 9.17) is 14.4 Å². The average Bonchev–Trinajstić information content (AvgIpc) is 3.78. The van der Waals surface area contributed by atoms with Gasteiger partial charge in [-0.15, -0.1) is 0 Å². The van der Waals surface area contributed by atoms with Crippen LogP contribution in [0.15, 0.2) is 192 Å². The number of aromatic nitrogens is 2. The number of furan rings is 1. The van der Waals surface area contributed by atoms with Crippen LogP contribution in [0, 0.1) is 0 Å².